The van der Waals surface area contributed by atoms with Crippen molar-refractivity contribution in [2.24, 2.45) is 5.10 Å². The van der Waals surface area contributed by atoms with Gasteiger partial charge in [-0.1, -0.05) is 17.7 Å². The number of fused-ring (bicyclic) bond motifs is 1. The summed E-state index contributed by atoms with van der Waals surface area (Å²) in [6.07, 6.45) is 5.78. The van der Waals surface area contributed by atoms with Crippen LogP contribution in [-0.2, 0) is 12.8 Å². The maximum Gasteiger partial charge on any atom is 0.271 e. The summed E-state index contributed by atoms with van der Waals surface area (Å²) in [6, 6.07) is 15.2. The molecule has 1 aliphatic rings. The molecule has 0 unspecified atom stereocenters. The van der Waals surface area contributed by atoms with Crippen molar-refractivity contribution in [3.63, 3.8) is 0 Å². The predicted molar refractivity (Wildman–Crippen MR) is 170 cm³/mol. The van der Waals surface area contributed by atoms with Gasteiger partial charge < -0.3 is 14.6 Å². The molecule has 0 atom stereocenters. The summed E-state index contributed by atoms with van der Waals surface area (Å²) in [5.41, 5.74) is 9.75. The summed E-state index contributed by atoms with van der Waals surface area (Å²) in [6.45, 7) is 6.07. The van der Waals surface area contributed by atoms with E-state index in [-0.39, 0.29) is 11.8 Å². The number of hydrazone groups is 1. The van der Waals surface area contributed by atoms with Gasteiger partial charge in [0.2, 0.25) is 0 Å². The van der Waals surface area contributed by atoms with Crippen LogP contribution in [0.15, 0.2) is 53.6 Å². The first-order valence-corrected chi connectivity index (χ1v) is 15.0. The summed E-state index contributed by atoms with van der Waals surface area (Å²) >= 11 is 3.87. The van der Waals surface area contributed by atoms with Crippen molar-refractivity contribution in [1.29, 1.82) is 0 Å². The quantitative estimate of drug-likeness (QED) is 0.127. The summed E-state index contributed by atoms with van der Waals surface area (Å²) in [5, 5.41) is 8.29. The second-order valence-electron chi connectivity index (χ2n) is 9.92. The molecule has 0 fully saturated rings. The van der Waals surface area contributed by atoms with Gasteiger partial charge in [0.25, 0.3) is 11.8 Å². The Morgan fingerprint density at radius 2 is 1.77 bits per heavy atom. The van der Waals surface area contributed by atoms with Crippen LogP contribution in [0.5, 0.6) is 5.75 Å². The first kappa shape index (κ1) is 28.1. The molecule has 206 valence electrons. The number of aryl methyl sites for hydroxylation is 3. The first-order valence-electron chi connectivity index (χ1n) is 13.2. The van der Waals surface area contributed by atoms with Gasteiger partial charge in [-0.15, -0.1) is 11.3 Å². The van der Waals surface area contributed by atoms with Crippen molar-refractivity contribution < 1.29 is 14.3 Å². The third-order valence-electron chi connectivity index (χ3n) is 7.15. The molecule has 2 aromatic heterocycles. The van der Waals surface area contributed by atoms with Crippen LogP contribution in [0.25, 0.3) is 5.00 Å². The van der Waals surface area contributed by atoms with Crippen molar-refractivity contribution >= 4 is 57.6 Å². The number of halogens is 1. The van der Waals surface area contributed by atoms with E-state index in [4.69, 9.17) is 4.74 Å². The molecule has 2 amide bonds. The molecule has 0 saturated heterocycles. The van der Waals surface area contributed by atoms with Gasteiger partial charge in [0, 0.05) is 33.1 Å². The van der Waals surface area contributed by atoms with Gasteiger partial charge in [0.1, 0.15) is 10.8 Å². The Morgan fingerprint density at radius 3 is 2.52 bits per heavy atom. The maximum atomic E-state index is 13.7. The molecule has 40 heavy (non-hydrogen) atoms. The molecule has 9 heteroatoms. The number of thiophene rings is 1. The van der Waals surface area contributed by atoms with E-state index in [1.54, 1.807) is 36.8 Å². The SMILES string of the molecule is COc1cc(C(=O)N/N=C/c2cc(C)n(-c3sc4c(c3C(=O)Nc3ccc(C)cc3)CCCC4)c2C)ccc1I. The van der Waals surface area contributed by atoms with Crippen LogP contribution in [0.1, 0.15) is 66.5 Å². The highest BCUT2D eigenvalue weighted by Crippen LogP contribution is 2.39. The fourth-order valence-corrected chi connectivity index (χ4v) is 7.08. The third kappa shape index (κ3) is 5.71. The van der Waals surface area contributed by atoms with Crippen molar-refractivity contribution in [3.8, 4) is 10.8 Å². The Morgan fingerprint density at radius 1 is 1.02 bits per heavy atom. The number of benzene rings is 2. The molecule has 2 N–H and O–H groups in total. The highest BCUT2D eigenvalue weighted by Gasteiger charge is 2.28. The van der Waals surface area contributed by atoms with E-state index in [0.29, 0.717) is 11.3 Å². The molecule has 7 nitrogen and oxygen atoms in total. The Bertz CT molecular complexity index is 1620. The molecular weight excluding hydrogens is 635 g/mol. The minimum atomic E-state index is -0.319. The number of hydrogen-bond acceptors (Lipinski definition) is 5. The van der Waals surface area contributed by atoms with Crippen LogP contribution in [0.3, 0.4) is 0 Å². The standard InChI is InChI=1S/C31H31IN4O3S/c1-18-9-12-23(13-10-18)34-30(38)28-24-7-5-6-8-27(24)40-31(28)36-19(2)15-22(20(36)3)17-33-35-29(37)21-11-14-25(32)26(16-21)39-4/h9-17H,5-8H2,1-4H3,(H,34,38)(H,35,37)/b33-17+. The average molecular weight is 667 g/mol. The third-order valence-corrected chi connectivity index (χ3v) is 9.31. The topological polar surface area (TPSA) is 84.7 Å². The number of nitrogens with zero attached hydrogens (tertiary/aromatic N) is 2. The van der Waals surface area contributed by atoms with E-state index < -0.39 is 0 Å². The minimum absolute atomic E-state index is 0.0822. The molecule has 0 bridgehead atoms. The lowest BCUT2D eigenvalue weighted by Crippen LogP contribution is -2.18. The van der Waals surface area contributed by atoms with Crippen LogP contribution in [0.2, 0.25) is 0 Å². The highest BCUT2D eigenvalue weighted by molar-refractivity contribution is 14.1. The van der Waals surface area contributed by atoms with Crippen molar-refractivity contribution in [1.82, 2.24) is 9.99 Å². The fourth-order valence-electron chi connectivity index (χ4n) is 5.03. The van der Waals surface area contributed by atoms with Crippen LogP contribution in [0.4, 0.5) is 5.69 Å². The van der Waals surface area contributed by atoms with E-state index in [2.05, 4.69) is 43.0 Å². The highest BCUT2D eigenvalue weighted by atomic mass is 127. The smallest absolute Gasteiger partial charge is 0.271 e. The number of aromatic nitrogens is 1. The van der Waals surface area contributed by atoms with Crippen molar-refractivity contribution in [2.45, 2.75) is 46.5 Å². The van der Waals surface area contributed by atoms with Crippen LogP contribution < -0.4 is 15.5 Å². The second-order valence-corrected chi connectivity index (χ2v) is 12.2. The Kier molecular flexibility index (Phi) is 8.41. The van der Waals surface area contributed by atoms with E-state index >= 15 is 0 Å². The molecule has 0 saturated carbocycles. The Balaban J connectivity index is 1.43. The van der Waals surface area contributed by atoms with Crippen LogP contribution in [0, 0.1) is 24.3 Å². The summed E-state index contributed by atoms with van der Waals surface area (Å²) in [7, 11) is 1.58. The predicted octanol–water partition coefficient (Wildman–Crippen LogP) is 6.97. The summed E-state index contributed by atoms with van der Waals surface area (Å²) < 4.78 is 8.39. The zero-order valence-corrected chi connectivity index (χ0v) is 25.9. The molecular formula is C31H31IN4O3S. The normalized spacial score (nSPS) is 12.8. The number of carbonyl (C=O) groups is 2. The molecule has 0 radical (unpaired) electrons. The maximum absolute atomic E-state index is 13.7. The molecule has 1 aliphatic carbocycles. The summed E-state index contributed by atoms with van der Waals surface area (Å²) in [4.78, 5) is 27.7. The minimum Gasteiger partial charge on any atom is -0.496 e. The van der Waals surface area contributed by atoms with Gasteiger partial charge in [0.05, 0.1) is 22.5 Å². The average Bonchev–Trinajstić information content (AvgIpc) is 3.46. The van der Waals surface area contributed by atoms with Gasteiger partial charge in [-0.05, 0) is 111 Å². The number of rotatable bonds is 7. The molecule has 5 rings (SSSR count). The number of hydrogen-bond donors (Lipinski definition) is 2. The number of methoxy groups -OCH3 is 1. The monoisotopic (exact) mass is 666 g/mol. The lowest BCUT2D eigenvalue weighted by atomic mass is 9.95. The first-order chi connectivity index (χ1) is 19.3. The van der Waals surface area contributed by atoms with E-state index in [0.717, 1.165) is 68.0 Å². The van der Waals surface area contributed by atoms with Gasteiger partial charge in [-0.25, -0.2) is 5.43 Å². The zero-order chi connectivity index (χ0) is 28.4. The lowest BCUT2D eigenvalue weighted by molar-refractivity contribution is 0.0953. The fraction of sp³-hybridized carbons (Fsp3) is 0.258. The molecule has 0 spiro atoms. The number of anilines is 1. The van der Waals surface area contributed by atoms with Crippen molar-refractivity contribution in [2.75, 3.05) is 12.4 Å². The number of carbonyl (C=O) groups excluding carboxylic acids is 2. The van der Waals surface area contributed by atoms with Gasteiger partial charge in [0.15, 0.2) is 0 Å². The summed E-state index contributed by atoms with van der Waals surface area (Å²) in [5.74, 6) is 0.239. The Hall–Kier alpha value is -3.44. The van der Waals surface area contributed by atoms with E-state index in [9.17, 15) is 9.59 Å². The van der Waals surface area contributed by atoms with Gasteiger partial charge in [-0.3, -0.25) is 9.59 Å². The molecule has 2 aromatic carbocycles. The van der Waals surface area contributed by atoms with Gasteiger partial charge >= 0.3 is 0 Å². The Labute approximate surface area is 251 Å². The van der Waals surface area contributed by atoms with E-state index in [1.165, 1.54) is 10.4 Å². The zero-order valence-electron chi connectivity index (χ0n) is 22.9. The number of nitrogens with one attached hydrogen (secondary N) is 2. The largest absolute Gasteiger partial charge is 0.496 e. The van der Waals surface area contributed by atoms with Crippen LogP contribution >= 0.6 is 33.9 Å². The second kappa shape index (κ2) is 12.0. The van der Waals surface area contributed by atoms with E-state index in [1.807, 2.05) is 57.2 Å². The van der Waals surface area contributed by atoms with Crippen LogP contribution in [-0.4, -0.2) is 29.7 Å². The number of amides is 2. The lowest BCUT2D eigenvalue weighted by Gasteiger charge is -2.14. The molecule has 2 heterocycles. The number of ether oxygens (including phenoxy) is 1. The molecule has 4 aromatic rings. The van der Waals surface area contributed by atoms with Crippen molar-refractivity contribution in [3.05, 3.63) is 96.2 Å². The van der Waals surface area contributed by atoms with Gasteiger partial charge in [-0.2, -0.15) is 5.10 Å². The molecule has 0 aliphatic heterocycles.